The summed E-state index contributed by atoms with van der Waals surface area (Å²) in [4.78, 5) is 27.5. The van der Waals surface area contributed by atoms with Crippen molar-refractivity contribution in [3.8, 4) is 0 Å². The van der Waals surface area contributed by atoms with Gasteiger partial charge in [-0.3, -0.25) is 4.79 Å². The van der Waals surface area contributed by atoms with Crippen LogP contribution in [-0.2, 0) is 9.53 Å². The second kappa shape index (κ2) is 5.60. The average Bonchev–Trinajstić information content (AvgIpc) is 2.84. The minimum absolute atomic E-state index is 0.0547. The molecule has 0 aromatic rings. The fraction of sp³-hybridized carbons (Fsp3) is 0.857. The molecule has 2 N–H and O–H groups in total. The number of nitrogens with zero attached hydrogens (tertiary/aromatic N) is 2. The van der Waals surface area contributed by atoms with Crippen LogP contribution in [0.15, 0.2) is 0 Å². The summed E-state index contributed by atoms with van der Waals surface area (Å²) in [5, 5.41) is 0. The number of carbonyl (C=O) groups is 2. The maximum atomic E-state index is 12.2. The minimum Gasteiger partial charge on any atom is -0.444 e. The van der Waals surface area contributed by atoms with E-state index in [2.05, 4.69) is 0 Å². The van der Waals surface area contributed by atoms with E-state index in [0.29, 0.717) is 26.1 Å². The smallest absolute Gasteiger partial charge is 0.410 e. The lowest BCUT2D eigenvalue weighted by atomic mass is 10.2. The van der Waals surface area contributed by atoms with Gasteiger partial charge < -0.3 is 20.3 Å². The van der Waals surface area contributed by atoms with Gasteiger partial charge in [0.2, 0.25) is 5.91 Å². The number of ether oxygens (including phenoxy) is 1. The fourth-order valence-electron chi connectivity index (χ4n) is 2.82. The first-order valence-electron chi connectivity index (χ1n) is 7.29. The van der Waals surface area contributed by atoms with E-state index in [1.807, 2.05) is 20.8 Å². The maximum absolute atomic E-state index is 12.2. The second-order valence-electron chi connectivity index (χ2n) is 6.73. The lowest BCUT2D eigenvalue weighted by Gasteiger charge is -2.30. The van der Waals surface area contributed by atoms with E-state index >= 15 is 0 Å². The zero-order valence-corrected chi connectivity index (χ0v) is 12.6. The van der Waals surface area contributed by atoms with Gasteiger partial charge in [-0.05, 0) is 33.6 Å². The molecule has 2 atom stereocenters. The van der Waals surface area contributed by atoms with Crippen molar-refractivity contribution >= 4 is 12.0 Å². The Hall–Kier alpha value is -1.30. The molecule has 0 aliphatic carbocycles. The van der Waals surface area contributed by atoms with Crippen molar-refractivity contribution in [3.05, 3.63) is 0 Å². The predicted octanol–water partition coefficient (Wildman–Crippen LogP) is 0.945. The molecule has 6 heteroatoms. The topological polar surface area (TPSA) is 75.9 Å². The van der Waals surface area contributed by atoms with Crippen LogP contribution < -0.4 is 5.73 Å². The molecule has 0 aromatic heterocycles. The Kier molecular flexibility index (Phi) is 4.22. The van der Waals surface area contributed by atoms with Gasteiger partial charge in [-0.2, -0.15) is 0 Å². The molecule has 114 valence electrons. The van der Waals surface area contributed by atoms with Crippen LogP contribution in [0.2, 0.25) is 0 Å². The highest BCUT2D eigenvalue weighted by Crippen LogP contribution is 2.23. The lowest BCUT2D eigenvalue weighted by molar-refractivity contribution is -0.128. The van der Waals surface area contributed by atoms with Crippen molar-refractivity contribution in [2.24, 2.45) is 5.73 Å². The molecule has 20 heavy (non-hydrogen) atoms. The van der Waals surface area contributed by atoms with Crippen molar-refractivity contribution < 1.29 is 14.3 Å². The van der Waals surface area contributed by atoms with E-state index in [1.54, 1.807) is 9.80 Å². The Bertz CT molecular complexity index is 392. The Morgan fingerprint density at radius 1 is 1.45 bits per heavy atom. The summed E-state index contributed by atoms with van der Waals surface area (Å²) in [5.74, 6) is 0.0912. The summed E-state index contributed by atoms with van der Waals surface area (Å²) in [7, 11) is 0. The van der Waals surface area contributed by atoms with Crippen LogP contribution in [-0.4, -0.2) is 59.1 Å². The second-order valence-corrected chi connectivity index (χ2v) is 6.73. The number of amides is 2. The summed E-state index contributed by atoms with van der Waals surface area (Å²) in [6.07, 6.45) is 2.01. The molecule has 0 aromatic carbocycles. The summed E-state index contributed by atoms with van der Waals surface area (Å²) < 4.78 is 5.42. The molecular formula is C14H25N3O3. The average molecular weight is 283 g/mol. The number of hydrogen-bond donors (Lipinski definition) is 1. The van der Waals surface area contributed by atoms with Crippen molar-refractivity contribution in [1.29, 1.82) is 0 Å². The molecule has 6 nitrogen and oxygen atoms in total. The first-order valence-corrected chi connectivity index (χ1v) is 7.29. The quantitative estimate of drug-likeness (QED) is 0.818. The van der Waals surface area contributed by atoms with E-state index in [-0.39, 0.29) is 24.1 Å². The zero-order valence-electron chi connectivity index (χ0n) is 12.6. The minimum atomic E-state index is -0.490. The van der Waals surface area contributed by atoms with Crippen LogP contribution in [0.3, 0.4) is 0 Å². The Morgan fingerprint density at radius 2 is 2.15 bits per heavy atom. The van der Waals surface area contributed by atoms with Crippen LogP contribution in [0.5, 0.6) is 0 Å². The molecule has 0 spiro atoms. The number of rotatable bonds is 2. The zero-order chi connectivity index (χ0) is 14.9. The maximum Gasteiger partial charge on any atom is 0.410 e. The van der Waals surface area contributed by atoms with Gasteiger partial charge >= 0.3 is 6.09 Å². The Labute approximate surface area is 120 Å². The number of carbonyl (C=O) groups excluding carboxylic acids is 2. The monoisotopic (exact) mass is 283 g/mol. The third kappa shape index (κ3) is 3.62. The number of likely N-dealkylation sites (tertiary alicyclic amines) is 2. The highest BCUT2D eigenvalue weighted by molar-refractivity contribution is 5.79. The fourth-order valence-corrected chi connectivity index (χ4v) is 2.82. The van der Waals surface area contributed by atoms with E-state index in [9.17, 15) is 9.59 Å². The number of nitrogens with two attached hydrogens (primary N) is 1. The van der Waals surface area contributed by atoms with E-state index in [0.717, 1.165) is 12.8 Å². The summed E-state index contributed by atoms with van der Waals surface area (Å²) in [6, 6.07) is -0.0158. The SMILES string of the molecule is CC(C)(C)OC(=O)N1CCC[C@@H]1CN1CC(N)CC1=O. The highest BCUT2D eigenvalue weighted by Gasteiger charge is 2.36. The largest absolute Gasteiger partial charge is 0.444 e. The molecule has 0 bridgehead atoms. The summed E-state index contributed by atoms with van der Waals surface area (Å²) >= 11 is 0. The van der Waals surface area contributed by atoms with Gasteiger partial charge in [0.05, 0.1) is 6.04 Å². The molecule has 2 saturated heterocycles. The van der Waals surface area contributed by atoms with Gasteiger partial charge in [-0.1, -0.05) is 0 Å². The van der Waals surface area contributed by atoms with E-state index < -0.39 is 5.60 Å². The molecule has 2 aliphatic rings. The first kappa shape index (κ1) is 15.1. The number of hydrogen-bond acceptors (Lipinski definition) is 4. The molecule has 2 heterocycles. The standard InChI is InChI=1S/C14H25N3O3/c1-14(2,3)20-13(19)17-6-4-5-11(17)9-16-8-10(15)7-12(16)18/h10-11H,4-9,15H2,1-3H3/t10?,11-/m1/s1. The van der Waals surface area contributed by atoms with Crippen LogP contribution in [0.4, 0.5) is 4.79 Å². The highest BCUT2D eigenvalue weighted by atomic mass is 16.6. The molecule has 2 amide bonds. The van der Waals surface area contributed by atoms with E-state index in [4.69, 9.17) is 10.5 Å². The van der Waals surface area contributed by atoms with Crippen molar-refractivity contribution in [2.75, 3.05) is 19.6 Å². The third-order valence-corrected chi connectivity index (χ3v) is 3.68. The normalized spacial score (nSPS) is 27.3. The predicted molar refractivity (Wildman–Crippen MR) is 75.1 cm³/mol. The van der Waals surface area contributed by atoms with Gasteiger partial charge in [0.1, 0.15) is 5.60 Å². The van der Waals surface area contributed by atoms with E-state index in [1.165, 1.54) is 0 Å². The van der Waals surface area contributed by atoms with Crippen LogP contribution >= 0.6 is 0 Å². The van der Waals surface area contributed by atoms with Gasteiger partial charge in [0.15, 0.2) is 0 Å². The Morgan fingerprint density at radius 3 is 2.70 bits per heavy atom. The van der Waals surface area contributed by atoms with Crippen molar-refractivity contribution in [2.45, 2.75) is 57.7 Å². The van der Waals surface area contributed by atoms with Crippen LogP contribution in [0, 0.1) is 0 Å². The van der Waals surface area contributed by atoms with Crippen molar-refractivity contribution in [1.82, 2.24) is 9.80 Å². The summed E-state index contributed by atoms with van der Waals surface area (Å²) in [6.45, 7) is 7.45. The van der Waals surface area contributed by atoms with Crippen LogP contribution in [0.25, 0.3) is 0 Å². The molecular weight excluding hydrogens is 258 g/mol. The van der Waals surface area contributed by atoms with Crippen LogP contribution in [0.1, 0.15) is 40.0 Å². The molecule has 2 fully saturated rings. The van der Waals surface area contributed by atoms with Gasteiger partial charge in [-0.15, -0.1) is 0 Å². The molecule has 2 aliphatic heterocycles. The molecule has 2 rings (SSSR count). The molecule has 0 radical (unpaired) electrons. The third-order valence-electron chi connectivity index (χ3n) is 3.68. The summed E-state index contributed by atoms with van der Waals surface area (Å²) in [5.41, 5.74) is 5.31. The Balaban J connectivity index is 1.94. The molecule has 0 saturated carbocycles. The first-order chi connectivity index (χ1) is 9.26. The lowest BCUT2D eigenvalue weighted by Crippen LogP contribution is -2.45. The van der Waals surface area contributed by atoms with Crippen molar-refractivity contribution in [3.63, 3.8) is 0 Å². The van der Waals surface area contributed by atoms with Gasteiger partial charge in [0.25, 0.3) is 0 Å². The van der Waals surface area contributed by atoms with Gasteiger partial charge in [0, 0.05) is 32.1 Å². The molecule has 1 unspecified atom stereocenters. The van der Waals surface area contributed by atoms with Gasteiger partial charge in [-0.25, -0.2) is 4.79 Å².